The van der Waals surface area contributed by atoms with Crippen LogP contribution in [0.4, 0.5) is 0 Å². The van der Waals surface area contributed by atoms with Gasteiger partial charge in [-0.15, -0.1) is 0 Å². The third kappa shape index (κ3) is 2.46. The molecule has 2 N–H and O–H groups in total. The van der Waals surface area contributed by atoms with E-state index in [0.29, 0.717) is 6.42 Å². The number of carbonyl (C=O) groups is 1. The number of hydrogen-bond acceptors (Lipinski definition) is 2. The molecule has 4 heteroatoms. The van der Waals surface area contributed by atoms with Crippen LogP contribution in [0.2, 0.25) is 0 Å². The van der Waals surface area contributed by atoms with Crippen molar-refractivity contribution < 1.29 is 4.79 Å². The number of hydrogen-bond donors (Lipinski definition) is 2. The highest BCUT2D eigenvalue weighted by molar-refractivity contribution is 5.77. The van der Waals surface area contributed by atoms with Gasteiger partial charge >= 0.3 is 0 Å². The maximum absolute atomic E-state index is 11.3. The Balaban J connectivity index is 2.27. The van der Waals surface area contributed by atoms with Crippen LogP contribution in [-0.4, -0.2) is 15.9 Å². The van der Waals surface area contributed by atoms with Crippen LogP contribution < -0.4 is 5.32 Å². The first kappa shape index (κ1) is 11.6. The number of benzene rings is 1. The van der Waals surface area contributed by atoms with Gasteiger partial charge in [0.05, 0.1) is 17.1 Å². The second-order valence-corrected chi connectivity index (χ2v) is 4.29. The summed E-state index contributed by atoms with van der Waals surface area (Å²) >= 11 is 0. The first-order valence-electron chi connectivity index (χ1n) is 5.85. The van der Waals surface area contributed by atoms with Crippen LogP contribution in [0.1, 0.15) is 37.7 Å². The smallest absolute Gasteiger partial charge is 0.220 e. The molecular weight excluding hydrogens is 214 g/mol. The van der Waals surface area contributed by atoms with Crippen LogP contribution in [0.3, 0.4) is 0 Å². The van der Waals surface area contributed by atoms with E-state index >= 15 is 0 Å². The van der Waals surface area contributed by atoms with E-state index in [1.54, 1.807) is 0 Å². The number of carbonyl (C=O) groups excluding carboxylic acids is 1. The Morgan fingerprint density at radius 3 is 3.00 bits per heavy atom. The average Bonchev–Trinajstić information content (AvgIpc) is 2.71. The number of nitrogens with zero attached hydrogens (tertiary/aromatic N) is 1. The molecule has 4 nitrogen and oxygen atoms in total. The number of aromatic amines is 1. The molecule has 1 heterocycles. The van der Waals surface area contributed by atoms with Gasteiger partial charge in [0.1, 0.15) is 5.82 Å². The second kappa shape index (κ2) is 4.57. The maximum atomic E-state index is 11.3. The zero-order valence-electron chi connectivity index (χ0n) is 10.4. The fraction of sp³-hybridized carbons (Fsp3) is 0.385. The molecule has 0 saturated heterocycles. The van der Waals surface area contributed by atoms with Gasteiger partial charge in [-0.05, 0) is 31.5 Å². The quantitative estimate of drug-likeness (QED) is 0.852. The molecule has 0 saturated carbocycles. The molecule has 0 fully saturated rings. The van der Waals surface area contributed by atoms with Crippen LogP contribution in [0.15, 0.2) is 18.2 Å². The topological polar surface area (TPSA) is 57.8 Å². The largest absolute Gasteiger partial charge is 0.346 e. The van der Waals surface area contributed by atoms with Crippen molar-refractivity contribution in [1.82, 2.24) is 15.3 Å². The van der Waals surface area contributed by atoms with Crippen LogP contribution in [0.25, 0.3) is 11.0 Å². The minimum Gasteiger partial charge on any atom is -0.346 e. The second-order valence-electron chi connectivity index (χ2n) is 4.29. The Morgan fingerprint density at radius 2 is 2.29 bits per heavy atom. The number of fused-ring (bicyclic) bond motifs is 1. The standard InChI is InChI=1S/C13H17N3O/c1-4-12(17)14-9(3)13-15-10-6-5-8(2)7-11(10)16-13/h5-7,9H,4H2,1-3H3,(H,14,17)(H,15,16). The minimum absolute atomic E-state index is 0.0362. The van der Waals surface area contributed by atoms with Crippen molar-refractivity contribution in [3.05, 3.63) is 29.6 Å². The van der Waals surface area contributed by atoms with Crippen molar-refractivity contribution in [2.24, 2.45) is 0 Å². The SMILES string of the molecule is CCC(=O)NC(C)c1nc2ccc(C)cc2[nH]1. The van der Waals surface area contributed by atoms with E-state index in [4.69, 9.17) is 0 Å². The molecule has 0 spiro atoms. The highest BCUT2D eigenvalue weighted by Gasteiger charge is 2.12. The maximum Gasteiger partial charge on any atom is 0.220 e. The van der Waals surface area contributed by atoms with E-state index in [1.165, 1.54) is 5.56 Å². The zero-order chi connectivity index (χ0) is 12.4. The van der Waals surface area contributed by atoms with Gasteiger partial charge in [-0.25, -0.2) is 4.98 Å². The van der Waals surface area contributed by atoms with Crippen molar-refractivity contribution in [2.75, 3.05) is 0 Å². The molecule has 0 radical (unpaired) electrons. The molecule has 1 aromatic carbocycles. The number of imidazole rings is 1. The van der Waals surface area contributed by atoms with E-state index in [9.17, 15) is 4.79 Å². The zero-order valence-corrected chi connectivity index (χ0v) is 10.4. The third-order valence-corrected chi connectivity index (χ3v) is 2.76. The van der Waals surface area contributed by atoms with Gasteiger partial charge in [-0.2, -0.15) is 0 Å². The molecule has 0 aliphatic rings. The summed E-state index contributed by atoms with van der Waals surface area (Å²) in [5.41, 5.74) is 3.14. The Morgan fingerprint density at radius 1 is 1.53 bits per heavy atom. The summed E-state index contributed by atoms with van der Waals surface area (Å²) in [7, 11) is 0. The molecule has 1 atom stereocenters. The Hall–Kier alpha value is -1.84. The molecule has 0 aliphatic carbocycles. The van der Waals surface area contributed by atoms with Gasteiger partial charge < -0.3 is 10.3 Å². The van der Waals surface area contributed by atoms with E-state index in [1.807, 2.05) is 32.9 Å². The lowest BCUT2D eigenvalue weighted by molar-refractivity contribution is -0.121. The van der Waals surface area contributed by atoms with Gasteiger partial charge in [0.25, 0.3) is 0 Å². The van der Waals surface area contributed by atoms with Gasteiger partial charge in [-0.3, -0.25) is 4.79 Å². The van der Waals surface area contributed by atoms with E-state index in [-0.39, 0.29) is 11.9 Å². The third-order valence-electron chi connectivity index (χ3n) is 2.76. The lowest BCUT2D eigenvalue weighted by Gasteiger charge is -2.09. The molecule has 17 heavy (non-hydrogen) atoms. The average molecular weight is 231 g/mol. The first-order valence-corrected chi connectivity index (χ1v) is 5.85. The summed E-state index contributed by atoms with van der Waals surface area (Å²) < 4.78 is 0. The molecule has 2 rings (SSSR count). The minimum atomic E-state index is -0.0878. The normalized spacial score (nSPS) is 12.6. The molecule has 1 amide bonds. The lowest BCUT2D eigenvalue weighted by atomic mass is 10.2. The van der Waals surface area contributed by atoms with Gasteiger partial charge in [0.15, 0.2) is 0 Å². The van der Waals surface area contributed by atoms with Crippen molar-refractivity contribution in [3.8, 4) is 0 Å². The Kier molecular flexibility index (Phi) is 3.13. The molecule has 0 aliphatic heterocycles. The van der Waals surface area contributed by atoms with Crippen LogP contribution >= 0.6 is 0 Å². The summed E-state index contributed by atoms with van der Waals surface area (Å²) in [6.07, 6.45) is 0.490. The van der Waals surface area contributed by atoms with Crippen LogP contribution in [0, 0.1) is 6.92 Å². The Bertz CT molecular complexity index is 545. The number of rotatable bonds is 3. The van der Waals surface area contributed by atoms with Crippen molar-refractivity contribution in [3.63, 3.8) is 0 Å². The monoisotopic (exact) mass is 231 g/mol. The summed E-state index contributed by atoms with van der Waals surface area (Å²) in [6.45, 7) is 5.81. The van der Waals surface area contributed by atoms with Gasteiger partial charge in [0, 0.05) is 6.42 Å². The number of H-pyrrole nitrogens is 1. The molecule has 2 aromatic rings. The van der Waals surface area contributed by atoms with E-state index < -0.39 is 0 Å². The summed E-state index contributed by atoms with van der Waals surface area (Å²) in [4.78, 5) is 19.0. The van der Waals surface area contributed by atoms with Crippen LogP contribution in [0.5, 0.6) is 0 Å². The van der Waals surface area contributed by atoms with Crippen molar-refractivity contribution in [2.45, 2.75) is 33.2 Å². The summed E-state index contributed by atoms with van der Waals surface area (Å²) in [5, 5.41) is 2.89. The van der Waals surface area contributed by atoms with E-state index in [2.05, 4.69) is 21.4 Å². The molecule has 0 bridgehead atoms. The molecular formula is C13H17N3O. The molecule has 90 valence electrons. The van der Waals surface area contributed by atoms with Gasteiger partial charge in [-0.1, -0.05) is 13.0 Å². The highest BCUT2D eigenvalue weighted by atomic mass is 16.1. The predicted molar refractivity (Wildman–Crippen MR) is 67.7 cm³/mol. The fourth-order valence-corrected chi connectivity index (χ4v) is 1.76. The highest BCUT2D eigenvalue weighted by Crippen LogP contribution is 2.17. The van der Waals surface area contributed by atoms with Gasteiger partial charge in [0.2, 0.25) is 5.91 Å². The Labute approximate surface area is 100 Å². The van der Waals surface area contributed by atoms with E-state index in [0.717, 1.165) is 16.9 Å². The summed E-state index contributed by atoms with van der Waals surface area (Å²) in [5.74, 6) is 0.835. The molecule has 1 unspecified atom stereocenters. The number of nitrogens with one attached hydrogen (secondary N) is 2. The summed E-state index contributed by atoms with van der Waals surface area (Å²) in [6, 6.07) is 5.98. The van der Waals surface area contributed by atoms with Crippen molar-refractivity contribution in [1.29, 1.82) is 0 Å². The van der Waals surface area contributed by atoms with Crippen LogP contribution in [-0.2, 0) is 4.79 Å². The lowest BCUT2D eigenvalue weighted by Crippen LogP contribution is -2.26. The predicted octanol–water partition coefficient (Wildman–Crippen LogP) is 2.46. The first-order chi connectivity index (χ1) is 8.10. The number of aryl methyl sites for hydroxylation is 1. The van der Waals surface area contributed by atoms with Crippen molar-refractivity contribution >= 4 is 16.9 Å². The molecule has 1 aromatic heterocycles. The fourth-order valence-electron chi connectivity index (χ4n) is 1.76. The number of amides is 1. The number of aromatic nitrogens is 2.